The van der Waals surface area contributed by atoms with Crippen LogP contribution in [0.2, 0.25) is 0 Å². The number of carbonyl (C=O) groups excluding carboxylic acids is 6. The smallest absolute Gasteiger partial charge is 0.262 e. The molecule has 1 spiro atoms. The van der Waals surface area contributed by atoms with E-state index >= 15 is 0 Å². The Bertz CT molecular complexity index is 2780. The Labute approximate surface area is 393 Å². The number of nitrogens with zero attached hydrogens (tertiary/aromatic N) is 7. The van der Waals surface area contributed by atoms with Crippen molar-refractivity contribution in [2.45, 2.75) is 101 Å². The van der Waals surface area contributed by atoms with Gasteiger partial charge in [0.2, 0.25) is 17.7 Å². The lowest BCUT2D eigenvalue weighted by molar-refractivity contribution is -0.138. The molecular weight excluding hydrogens is 865 g/mol. The van der Waals surface area contributed by atoms with Gasteiger partial charge in [-0.25, -0.2) is 15.0 Å². The van der Waals surface area contributed by atoms with Gasteiger partial charge < -0.3 is 29.7 Å². The number of amides is 6. The molecule has 0 bridgehead atoms. The number of benzene rings is 3. The fourth-order valence-corrected chi connectivity index (χ4v) is 11.4. The third-order valence-electron chi connectivity index (χ3n) is 15.4. The van der Waals surface area contributed by atoms with Gasteiger partial charge in [-0.3, -0.25) is 39.0 Å². The van der Waals surface area contributed by atoms with E-state index in [0.717, 1.165) is 91.8 Å². The normalized spacial score (nSPS) is 23.0. The van der Waals surface area contributed by atoms with Crippen LogP contribution in [0.3, 0.4) is 0 Å². The van der Waals surface area contributed by atoms with Gasteiger partial charge in [-0.05, 0) is 124 Å². The van der Waals surface area contributed by atoms with Crippen molar-refractivity contribution in [3.63, 3.8) is 0 Å². The van der Waals surface area contributed by atoms with Crippen molar-refractivity contribution in [3.8, 4) is 5.75 Å². The highest BCUT2D eigenvalue weighted by Crippen LogP contribution is 2.52. The van der Waals surface area contributed by atoms with Gasteiger partial charge in [0, 0.05) is 43.3 Å². The predicted octanol–water partition coefficient (Wildman–Crippen LogP) is 5.06. The molecule has 0 radical (unpaired) electrons. The molecule has 68 heavy (non-hydrogen) atoms. The average molecular weight is 919 g/mol. The number of hydrogen-bond donors (Lipinski definition) is 3. The highest BCUT2D eigenvalue weighted by molar-refractivity contribution is 6.23. The molecule has 6 amide bonds. The fraction of sp³-hybridized carbons (Fsp3) is 0.431. The molecule has 6 aliphatic rings. The molecule has 3 N–H and O–H groups in total. The van der Waals surface area contributed by atoms with Crippen LogP contribution >= 0.6 is 0 Å². The first-order valence-electron chi connectivity index (χ1n) is 23.9. The first-order valence-corrected chi connectivity index (χ1v) is 23.9. The highest BCUT2D eigenvalue weighted by Gasteiger charge is 2.49. The first-order chi connectivity index (χ1) is 33.1. The molecule has 6 heterocycles. The molecule has 17 heteroatoms. The Balaban J connectivity index is 0.604. The third-order valence-corrected chi connectivity index (χ3v) is 15.4. The van der Waals surface area contributed by atoms with Gasteiger partial charge in [-0.1, -0.05) is 42.5 Å². The number of rotatable bonds is 12. The van der Waals surface area contributed by atoms with Crippen molar-refractivity contribution in [2.75, 3.05) is 38.1 Å². The van der Waals surface area contributed by atoms with E-state index in [1.807, 2.05) is 41.6 Å². The number of ether oxygens (including phenoxy) is 1. The van der Waals surface area contributed by atoms with Crippen molar-refractivity contribution >= 4 is 58.1 Å². The molecule has 3 saturated heterocycles. The van der Waals surface area contributed by atoms with Crippen LogP contribution < -0.4 is 20.7 Å². The fourth-order valence-electron chi connectivity index (χ4n) is 11.4. The maximum Gasteiger partial charge on any atom is 0.262 e. The molecule has 3 aromatic carbocycles. The van der Waals surface area contributed by atoms with Crippen molar-refractivity contribution in [2.24, 2.45) is 5.41 Å². The SMILES string of the molecule is O=C1CC[C@H](N2C(=O)c3ccc(OCC(=O)N4CCC5(CC4)CC(N4CCC(c6ccc(Nc7ncnc8c7ncn8C7CC(NC(=O)Cc8ccccc8)C7)cc6)CC4)C5)cc3C2=O)C(=O)N1. The summed E-state index contributed by atoms with van der Waals surface area (Å²) in [7, 11) is 0. The topological polar surface area (TPSA) is 201 Å². The van der Waals surface area contributed by atoms with Crippen LogP contribution in [0.15, 0.2) is 85.5 Å². The number of anilines is 2. The summed E-state index contributed by atoms with van der Waals surface area (Å²) in [4.78, 5) is 95.3. The maximum atomic E-state index is 13.2. The third kappa shape index (κ3) is 8.48. The molecule has 350 valence electrons. The number of aromatic nitrogens is 4. The number of imidazole rings is 1. The van der Waals surface area contributed by atoms with Gasteiger partial charge in [-0.2, -0.15) is 0 Å². The summed E-state index contributed by atoms with van der Waals surface area (Å²) in [5.41, 5.74) is 5.37. The maximum absolute atomic E-state index is 13.2. The van der Waals surface area contributed by atoms with Gasteiger partial charge in [0.15, 0.2) is 23.6 Å². The number of nitrogens with one attached hydrogen (secondary N) is 3. The number of hydrogen-bond acceptors (Lipinski definition) is 12. The number of fused-ring (bicyclic) bond motifs is 2. The minimum absolute atomic E-state index is 0.0444. The Kier molecular flexibility index (Phi) is 11.5. The van der Waals surface area contributed by atoms with E-state index < -0.39 is 29.7 Å². The monoisotopic (exact) mass is 918 g/mol. The van der Waals surface area contributed by atoms with E-state index in [2.05, 4.69) is 59.7 Å². The lowest BCUT2D eigenvalue weighted by atomic mass is 9.59. The molecule has 11 rings (SSSR count). The van der Waals surface area contributed by atoms with Crippen LogP contribution in [0.1, 0.15) is 108 Å². The highest BCUT2D eigenvalue weighted by atomic mass is 16.5. The first kappa shape index (κ1) is 43.6. The largest absolute Gasteiger partial charge is 0.484 e. The summed E-state index contributed by atoms with van der Waals surface area (Å²) < 4.78 is 7.93. The van der Waals surface area contributed by atoms with Crippen LogP contribution in [-0.4, -0.2) is 121 Å². The Morgan fingerprint density at radius 2 is 1.56 bits per heavy atom. The second-order valence-electron chi connectivity index (χ2n) is 19.5. The Hall–Kier alpha value is -7.01. The van der Waals surface area contributed by atoms with Crippen molar-refractivity contribution in [1.29, 1.82) is 0 Å². The van der Waals surface area contributed by atoms with Gasteiger partial charge in [0.25, 0.3) is 17.7 Å². The average Bonchev–Trinajstić information content (AvgIpc) is 3.86. The molecule has 2 aromatic heterocycles. The molecule has 2 aliphatic carbocycles. The molecule has 2 saturated carbocycles. The van der Waals surface area contributed by atoms with Crippen LogP contribution in [-0.2, 0) is 25.6 Å². The predicted molar refractivity (Wildman–Crippen MR) is 249 cm³/mol. The minimum atomic E-state index is -1.04. The summed E-state index contributed by atoms with van der Waals surface area (Å²) >= 11 is 0. The zero-order chi connectivity index (χ0) is 46.5. The molecule has 4 aliphatic heterocycles. The molecule has 5 aromatic rings. The van der Waals surface area contributed by atoms with E-state index in [-0.39, 0.29) is 59.9 Å². The van der Waals surface area contributed by atoms with E-state index in [4.69, 9.17) is 9.72 Å². The van der Waals surface area contributed by atoms with Crippen molar-refractivity contribution < 1.29 is 33.5 Å². The number of carbonyl (C=O) groups is 6. The number of piperidine rings is 3. The minimum Gasteiger partial charge on any atom is -0.484 e. The standard InChI is InChI=1S/C51H54N10O7/c62-42-13-12-41(48(65)57-42)61-49(66)39-11-10-38(25-40(39)50(61)67)68-28-44(64)59-20-16-51(17-21-59)26-37(27-51)58-18-14-33(15-19-58)32-6-8-34(9-7-32)56-46-45-47(53-29-52-46)60(30-54-45)36-23-35(24-36)55-43(63)22-31-4-2-1-3-5-31/h1-11,25,29-30,33,35-37,41H,12-24,26-28H2,(H,55,63)(H,52,53,56)(H,57,62,65)/t35?,36?,41-/m0/s1. The molecule has 0 unspecified atom stereocenters. The second kappa shape index (κ2) is 17.9. The number of likely N-dealkylation sites (tertiary alicyclic amines) is 2. The summed E-state index contributed by atoms with van der Waals surface area (Å²) in [6, 6.07) is 22.9. The van der Waals surface area contributed by atoms with Crippen LogP contribution in [0.4, 0.5) is 11.5 Å². The summed E-state index contributed by atoms with van der Waals surface area (Å²) in [5.74, 6) is -0.890. The quantitative estimate of drug-likeness (QED) is 0.141. The lowest BCUT2D eigenvalue weighted by Gasteiger charge is -2.56. The van der Waals surface area contributed by atoms with E-state index in [0.29, 0.717) is 43.0 Å². The van der Waals surface area contributed by atoms with Crippen LogP contribution in [0.5, 0.6) is 5.75 Å². The zero-order valence-corrected chi connectivity index (χ0v) is 37.8. The van der Waals surface area contributed by atoms with Gasteiger partial charge >= 0.3 is 0 Å². The van der Waals surface area contributed by atoms with E-state index in [1.165, 1.54) is 17.7 Å². The lowest BCUT2D eigenvalue weighted by Crippen LogP contribution is -2.57. The second-order valence-corrected chi connectivity index (χ2v) is 19.5. The summed E-state index contributed by atoms with van der Waals surface area (Å²) in [5, 5.41) is 8.84. The van der Waals surface area contributed by atoms with Gasteiger partial charge in [-0.15, -0.1) is 0 Å². The van der Waals surface area contributed by atoms with Crippen molar-refractivity contribution in [1.82, 2.24) is 44.9 Å². The molecule has 5 fully saturated rings. The Morgan fingerprint density at radius 3 is 2.31 bits per heavy atom. The summed E-state index contributed by atoms with van der Waals surface area (Å²) in [6.07, 6.45) is 12.1. The van der Waals surface area contributed by atoms with Gasteiger partial charge in [0.1, 0.15) is 18.1 Å². The number of imide groups is 2. The Morgan fingerprint density at radius 1 is 0.809 bits per heavy atom. The summed E-state index contributed by atoms with van der Waals surface area (Å²) in [6.45, 7) is 3.35. The molecule has 17 nitrogen and oxygen atoms in total. The van der Waals surface area contributed by atoms with Crippen LogP contribution in [0.25, 0.3) is 11.2 Å². The zero-order valence-electron chi connectivity index (χ0n) is 37.8. The van der Waals surface area contributed by atoms with Crippen LogP contribution in [0, 0.1) is 5.41 Å². The van der Waals surface area contributed by atoms with Gasteiger partial charge in [0.05, 0.1) is 23.9 Å². The van der Waals surface area contributed by atoms with E-state index in [9.17, 15) is 28.8 Å². The van der Waals surface area contributed by atoms with Crippen molar-refractivity contribution in [3.05, 3.63) is 108 Å². The molecular formula is C51H54N10O7. The molecule has 1 atom stereocenters. The van der Waals surface area contributed by atoms with E-state index in [1.54, 1.807) is 12.4 Å².